The Morgan fingerprint density at radius 1 is 1.40 bits per heavy atom. The highest BCUT2D eigenvalue weighted by Crippen LogP contribution is 2.18. The molecule has 0 aliphatic heterocycles. The van der Waals surface area contributed by atoms with Crippen molar-refractivity contribution in [2.75, 3.05) is 30.4 Å². The van der Waals surface area contributed by atoms with Gasteiger partial charge in [0.05, 0.1) is 11.3 Å². The van der Waals surface area contributed by atoms with Crippen LogP contribution in [0.15, 0.2) is 16.7 Å². The molecule has 0 bridgehead atoms. The van der Waals surface area contributed by atoms with E-state index in [9.17, 15) is 13.2 Å². The quantitative estimate of drug-likeness (QED) is 0.765. The lowest BCUT2D eigenvalue weighted by Crippen LogP contribution is -2.29. The van der Waals surface area contributed by atoms with Crippen molar-refractivity contribution in [3.05, 3.63) is 22.3 Å². The zero-order chi connectivity index (χ0) is 15.2. The van der Waals surface area contributed by atoms with Crippen LogP contribution < -0.4 is 10.6 Å². The van der Waals surface area contributed by atoms with Crippen molar-refractivity contribution in [2.45, 2.75) is 13.3 Å². The molecule has 1 aromatic heterocycles. The molecule has 1 rings (SSSR count). The van der Waals surface area contributed by atoms with Crippen molar-refractivity contribution < 1.29 is 13.2 Å². The lowest BCUT2D eigenvalue weighted by atomic mass is 10.2. The van der Waals surface area contributed by atoms with Crippen LogP contribution in [0.4, 0.5) is 5.82 Å². The number of nitrogens with zero attached hydrogens (tertiary/aromatic N) is 1. The molecule has 0 aromatic carbocycles. The summed E-state index contributed by atoms with van der Waals surface area (Å²) in [6.45, 7) is 2.80. The van der Waals surface area contributed by atoms with Crippen LogP contribution in [0.25, 0.3) is 0 Å². The Morgan fingerprint density at radius 2 is 2.10 bits per heavy atom. The van der Waals surface area contributed by atoms with E-state index in [4.69, 9.17) is 0 Å². The molecule has 2 N–H and O–H groups in total. The summed E-state index contributed by atoms with van der Waals surface area (Å²) in [5.74, 6) is 0.0608. The number of rotatable bonds is 7. The summed E-state index contributed by atoms with van der Waals surface area (Å²) >= 11 is 3.27. The van der Waals surface area contributed by atoms with Gasteiger partial charge in [0.2, 0.25) is 0 Å². The van der Waals surface area contributed by atoms with Crippen LogP contribution >= 0.6 is 15.9 Å². The van der Waals surface area contributed by atoms with Gasteiger partial charge in [0.1, 0.15) is 15.7 Å². The molecule has 0 fully saturated rings. The van der Waals surface area contributed by atoms with Gasteiger partial charge in [0.15, 0.2) is 0 Å². The number of halogens is 1. The molecule has 0 saturated heterocycles. The Morgan fingerprint density at radius 3 is 2.70 bits per heavy atom. The van der Waals surface area contributed by atoms with E-state index in [1.807, 2.05) is 6.92 Å². The number of amides is 1. The number of sulfone groups is 1. The summed E-state index contributed by atoms with van der Waals surface area (Å²) in [4.78, 5) is 16.2. The first-order valence-corrected chi connectivity index (χ1v) is 9.04. The fraction of sp³-hybridized carbons (Fsp3) is 0.500. The highest BCUT2D eigenvalue weighted by atomic mass is 79.9. The average Bonchev–Trinajstić information content (AvgIpc) is 2.35. The van der Waals surface area contributed by atoms with E-state index in [0.717, 1.165) is 12.7 Å². The van der Waals surface area contributed by atoms with Gasteiger partial charge in [-0.15, -0.1) is 0 Å². The molecule has 1 heterocycles. The third-order valence-electron chi connectivity index (χ3n) is 2.40. The van der Waals surface area contributed by atoms with Crippen molar-refractivity contribution in [3.63, 3.8) is 0 Å². The molecule has 0 saturated carbocycles. The van der Waals surface area contributed by atoms with Gasteiger partial charge in [-0.2, -0.15) is 0 Å². The largest absolute Gasteiger partial charge is 0.369 e. The maximum atomic E-state index is 12.1. The zero-order valence-electron chi connectivity index (χ0n) is 11.4. The Kier molecular flexibility index (Phi) is 6.41. The van der Waals surface area contributed by atoms with E-state index in [1.165, 1.54) is 0 Å². The highest BCUT2D eigenvalue weighted by Gasteiger charge is 2.13. The van der Waals surface area contributed by atoms with Crippen LogP contribution in [0, 0.1) is 0 Å². The lowest BCUT2D eigenvalue weighted by molar-refractivity contribution is 0.0956. The molecule has 0 radical (unpaired) electrons. The summed E-state index contributed by atoms with van der Waals surface area (Å²) in [5, 5.41) is 5.65. The molecule has 20 heavy (non-hydrogen) atoms. The van der Waals surface area contributed by atoms with Crippen molar-refractivity contribution in [3.8, 4) is 0 Å². The molecule has 0 atom stereocenters. The topological polar surface area (TPSA) is 88.2 Å². The summed E-state index contributed by atoms with van der Waals surface area (Å²) < 4.78 is 22.7. The van der Waals surface area contributed by atoms with E-state index in [1.54, 1.807) is 12.3 Å². The normalized spacial score (nSPS) is 11.2. The summed E-state index contributed by atoms with van der Waals surface area (Å²) in [6, 6.07) is 1.65. The van der Waals surface area contributed by atoms with Crippen molar-refractivity contribution in [1.29, 1.82) is 0 Å². The second kappa shape index (κ2) is 7.58. The van der Waals surface area contributed by atoms with E-state index in [0.29, 0.717) is 22.4 Å². The molecule has 0 unspecified atom stereocenters. The monoisotopic (exact) mass is 363 g/mol. The maximum Gasteiger partial charge on any atom is 0.255 e. The van der Waals surface area contributed by atoms with Crippen molar-refractivity contribution in [1.82, 2.24) is 10.3 Å². The number of hydrogen-bond acceptors (Lipinski definition) is 5. The lowest BCUT2D eigenvalue weighted by Gasteiger charge is -2.11. The summed E-state index contributed by atoms with van der Waals surface area (Å²) in [5.41, 5.74) is 0.390. The minimum absolute atomic E-state index is 0.0808. The fourth-order valence-electron chi connectivity index (χ4n) is 1.44. The third kappa shape index (κ3) is 5.87. The first kappa shape index (κ1) is 16.9. The van der Waals surface area contributed by atoms with E-state index < -0.39 is 9.84 Å². The van der Waals surface area contributed by atoms with Gasteiger partial charge >= 0.3 is 0 Å². The number of anilines is 1. The SMILES string of the molecule is CCCNc1ncc(Br)cc1C(=O)NCCS(C)(=O)=O. The van der Waals surface area contributed by atoms with Gasteiger partial charge in [-0.05, 0) is 28.4 Å². The molecule has 1 aromatic rings. The summed E-state index contributed by atoms with van der Waals surface area (Å²) in [6.07, 6.45) is 3.65. The molecule has 1 amide bonds. The number of carbonyl (C=O) groups excluding carboxylic acids is 1. The molecule has 112 valence electrons. The number of hydrogen-bond donors (Lipinski definition) is 2. The predicted molar refractivity (Wildman–Crippen MR) is 82.8 cm³/mol. The number of nitrogens with one attached hydrogen (secondary N) is 2. The fourth-order valence-corrected chi connectivity index (χ4v) is 2.25. The van der Waals surface area contributed by atoms with Gasteiger partial charge < -0.3 is 10.6 Å². The molecular formula is C12H18BrN3O3S. The van der Waals surface area contributed by atoms with Crippen LogP contribution in [0.5, 0.6) is 0 Å². The molecule has 0 aliphatic carbocycles. The van der Waals surface area contributed by atoms with Gasteiger partial charge in [0.25, 0.3) is 5.91 Å². The minimum Gasteiger partial charge on any atom is -0.369 e. The van der Waals surface area contributed by atoms with Crippen LogP contribution in [0.1, 0.15) is 23.7 Å². The van der Waals surface area contributed by atoms with Crippen LogP contribution in [-0.4, -0.2) is 44.4 Å². The van der Waals surface area contributed by atoms with E-state index in [-0.39, 0.29) is 18.2 Å². The Hall–Kier alpha value is -1.15. The standard InChI is InChI=1S/C12H18BrN3O3S/c1-3-4-14-11-10(7-9(13)8-16-11)12(17)15-5-6-20(2,18)19/h7-8H,3-6H2,1-2H3,(H,14,16)(H,15,17). The Bertz CT molecular complexity index is 575. The minimum atomic E-state index is -3.09. The van der Waals surface area contributed by atoms with E-state index in [2.05, 4.69) is 31.5 Å². The molecule has 0 aliphatic rings. The van der Waals surface area contributed by atoms with Crippen molar-refractivity contribution in [2.24, 2.45) is 0 Å². The van der Waals surface area contributed by atoms with Gasteiger partial charge in [0, 0.05) is 30.0 Å². The van der Waals surface area contributed by atoms with Gasteiger partial charge in [-0.25, -0.2) is 13.4 Å². The van der Waals surface area contributed by atoms with Crippen molar-refractivity contribution >= 4 is 37.5 Å². The smallest absolute Gasteiger partial charge is 0.255 e. The Labute approximate surface area is 127 Å². The maximum absolute atomic E-state index is 12.1. The first-order valence-electron chi connectivity index (χ1n) is 6.19. The highest BCUT2D eigenvalue weighted by molar-refractivity contribution is 9.10. The molecule has 0 spiro atoms. The number of carbonyl (C=O) groups is 1. The van der Waals surface area contributed by atoms with Crippen LogP contribution in [0.2, 0.25) is 0 Å². The second-order valence-corrected chi connectivity index (χ2v) is 7.54. The zero-order valence-corrected chi connectivity index (χ0v) is 13.8. The van der Waals surface area contributed by atoms with Crippen LogP contribution in [-0.2, 0) is 9.84 Å². The Balaban J connectivity index is 2.77. The second-order valence-electron chi connectivity index (χ2n) is 4.36. The summed E-state index contributed by atoms with van der Waals surface area (Å²) in [7, 11) is -3.09. The molecular weight excluding hydrogens is 346 g/mol. The molecule has 6 nitrogen and oxygen atoms in total. The average molecular weight is 364 g/mol. The number of pyridine rings is 1. The third-order valence-corrected chi connectivity index (χ3v) is 3.78. The van der Waals surface area contributed by atoms with Crippen LogP contribution in [0.3, 0.4) is 0 Å². The number of aromatic nitrogens is 1. The van der Waals surface area contributed by atoms with E-state index >= 15 is 0 Å². The van der Waals surface area contributed by atoms with Gasteiger partial charge in [-0.1, -0.05) is 6.92 Å². The van der Waals surface area contributed by atoms with Gasteiger partial charge in [-0.3, -0.25) is 4.79 Å². The predicted octanol–water partition coefficient (Wildman–Crippen LogP) is 1.44. The first-order chi connectivity index (χ1) is 9.33. The molecule has 8 heteroatoms.